The molecule has 0 N–H and O–H groups in total. The predicted octanol–water partition coefficient (Wildman–Crippen LogP) is 4.94. The molecule has 0 fully saturated rings. The molecule has 5 nitrogen and oxygen atoms in total. The molecule has 0 aliphatic rings. The first-order valence-electron chi connectivity index (χ1n) is 8.77. The molecule has 0 bridgehead atoms. The van der Waals surface area contributed by atoms with Crippen molar-refractivity contribution in [3.8, 4) is 11.1 Å². The minimum absolute atomic E-state index is 0.168. The molecule has 1 unspecified atom stereocenters. The number of fused-ring (bicyclic) bond motifs is 2. The first-order valence-corrected chi connectivity index (χ1v) is 9.67. The fraction of sp³-hybridized carbons (Fsp3) is 0.0952. The van der Waals surface area contributed by atoms with E-state index in [2.05, 4.69) is 25.9 Å². The second kappa shape index (κ2) is 7.54. The molecule has 0 saturated carbocycles. The largest absolute Gasteiger partial charge is 0.338 e. The molecule has 0 aliphatic carbocycles. The highest BCUT2D eigenvalue weighted by Gasteiger charge is 2.17. The Morgan fingerprint density at radius 1 is 1.34 bits per heavy atom. The van der Waals surface area contributed by atoms with Crippen molar-refractivity contribution in [3.63, 3.8) is 0 Å². The van der Waals surface area contributed by atoms with Crippen LogP contribution >= 0.6 is 21.0 Å². The van der Waals surface area contributed by atoms with E-state index in [1.165, 1.54) is 18.5 Å². The fourth-order valence-corrected chi connectivity index (χ4v) is 3.87. The van der Waals surface area contributed by atoms with Crippen molar-refractivity contribution >= 4 is 48.8 Å². The van der Waals surface area contributed by atoms with Gasteiger partial charge in [-0.15, -0.1) is 6.58 Å². The lowest BCUT2D eigenvalue weighted by atomic mass is 10.0. The zero-order valence-corrected chi connectivity index (χ0v) is 17.5. The first kappa shape index (κ1) is 19.5. The molecule has 8 heteroatoms. The Hall–Kier alpha value is -2.82. The molecule has 3 aromatic heterocycles. The Labute approximate surface area is 174 Å². The van der Waals surface area contributed by atoms with Crippen molar-refractivity contribution in [1.29, 1.82) is 0 Å². The molecule has 146 valence electrons. The molecular formula is C21H17ClFN4OP. The van der Waals surface area contributed by atoms with Gasteiger partial charge in [0, 0.05) is 48.5 Å². The molecule has 1 amide bonds. The summed E-state index contributed by atoms with van der Waals surface area (Å²) in [7, 11) is 4.25. The summed E-state index contributed by atoms with van der Waals surface area (Å²) in [4.78, 5) is 22.7. The number of hydrogen-bond donors (Lipinski definition) is 0. The Morgan fingerprint density at radius 3 is 2.90 bits per heavy atom. The van der Waals surface area contributed by atoms with Gasteiger partial charge in [-0.25, -0.2) is 9.37 Å². The van der Waals surface area contributed by atoms with E-state index in [1.807, 2.05) is 6.20 Å². The minimum atomic E-state index is -0.462. The molecule has 0 spiro atoms. The number of hydrogen-bond acceptors (Lipinski definition) is 3. The van der Waals surface area contributed by atoms with Crippen molar-refractivity contribution in [2.75, 3.05) is 13.6 Å². The smallest absolute Gasteiger partial charge is 0.255 e. The number of rotatable bonds is 4. The van der Waals surface area contributed by atoms with Gasteiger partial charge < -0.3 is 9.24 Å². The summed E-state index contributed by atoms with van der Waals surface area (Å²) in [6.45, 7) is 4.08. The van der Waals surface area contributed by atoms with E-state index in [-0.39, 0.29) is 11.4 Å². The average molecular weight is 427 g/mol. The van der Waals surface area contributed by atoms with Gasteiger partial charge in [0.05, 0.1) is 10.6 Å². The van der Waals surface area contributed by atoms with Crippen LogP contribution in [0.3, 0.4) is 0 Å². The van der Waals surface area contributed by atoms with Gasteiger partial charge in [0.25, 0.3) is 5.91 Å². The standard InChI is InChI=1S/C21H17ClFN4OP/c1-3-6-26(2)21(28)13-8-14-16(11-27(29)20(14)25-10-13)12-7-15-17(22)4-5-24-19(15)18(23)9-12/h3-5,7-11H,1,6,29H2,2H3. The van der Waals surface area contributed by atoms with Crippen molar-refractivity contribution in [3.05, 3.63) is 71.9 Å². The van der Waals surface area contributed by atoms with Gasteiger partial charge in [0.1, 0.15) is 17.0 Å². The van der Waals surface area contributed by atoms with Crippen LogP contribution in [0.25, 0.3) is 33.1 Å². The van der Waals surface area contributed by atoms with Crippen molar-refractivity contribution in [2.24, 2.45) is 0 Å². The van der Waals surface area contributed by atoms with Crippen LogP contribution in [0.2, 0.25) is 5.02 Å². The third-order valence-electron chi connectivity index (χ3n) is 4.72. The zero-order chi connectivity index (χ0) is 20.7. The van der Waals surface area contributed by atoms with Crippen molar-refractivity contribution in [1.82, 2.24) is 19.2 Å². The molecule has 4 aromatic rings. The van der Waals surface area contributed by atoms with E-state index >= 15 is 0 Å². The molecular weight excluding hydrogens is 410 g/mol. The van der Waals surface area contributed by atoms with Crippen LogP contribution in [-0.4, -0.2) is 38.7 Å². The Kier molecular flexibility index (Phi) is 5.07. The van der Waals surface area contributed by atoms with E-state index in [0.717, 1.165) is 10.9 Å². The SMILES string of the molecule is C=CCN(C)C(=O)c1cnc2c(c1)c(-c1cc(F)c3nccc(Cl)c3c1)cn2P. The number of benzene rings is 1. The van der Waals surface area contributed by atoms with Crippen LogP contribution < -0.4 is 0 Å². The van der Waals surface area contributed by atoms with Crippen LogP contribution in [-0.2, 0) is 0 Å². The highest BCUT2D eigenvalue weighted by Crippen LogP contribution is 2.35. The Balaban J connectivity index is 1.91. The summed E-state index contributed by atoms with van der Waals surface area (Å²) in [5.41, 5.74) is 2.69. The highest BCUT2D eigenvalue weighted by atomic mass is 35.5. The quantitative estimate of drug-likeness (QED) is 0.343. The lowest BCUT2D eigenvalue weighted by Gasteiger charge is -2.14. The van der Waals surface area contributed by atoms with Crippen molar-refractivity contribution in [2.45, 2.75) is 0 Å². The van der Waals surface area contributed by atoms with E-state index in [9.17, 15) is 9.18 Å². The van der Waals surface area contributed by atoms with E-state index in [4.69, 9.17) is 11.6 Å². The van der Waals surface area contributed by atoms with Gasteiger partial charge in [-0.3, -0.25) is 9.78 Å². The monoisotopic (exact) mass is 426 g/mol. The molecule has 0 saturated heterocycles. The summed E-state index contributed by atoms with van der Waals surface area (Å²) in [5.74, 6) is -0.630. The second-order valence-electron chi connectivity index (χ2n) is 6.67. The number of nitrogens with zero attached hydrogens (tertiary/aromatic N) is 4. The summed E-state index contributed by atoms with van der Waals surface area (Å²) in [6.07, 6.45) is 6.50. The summed E-state index contributed by atoms with van der Waals surface area (Å²) >= 11 is 6.26. The lowest BCUT2D eigenvalue weighted by Crippen LogP contribution is -2.26. The summed E-state index contributed by atoms with van der Waals surface area (Å²) < 4.78 is 16.5. The summed E-state index contributed by atoms with van der Waals surface area (Å²) in [5, 5.41) is 1.68. The maximum Gasteiger partial charge on any atom is 0.255 e. The normalized spacial score (nSPS) is 11.2. The fourth-order valence-electron chi connectivity index (χ4n) is 3.31. The molecule has 3 heterocycles. The van der Waals surface area contributed by atoms with Crippen LogP contribution in [0.15, 0.2) is 55.5 Å². The van der Waals surface area contributed by atoms with Gasteiger partial charge in [0.2, 0.25) is 0 Å². The first-order chi connectivity index (χ1) is 13.9. The van der Waals surface area contributed by atoms with Gasteiger partial charge in [-0.05, 0) is 39.2 Å². The van der Waals surface area contributed by atoms with Crippen LogP contribution in [0.5, 0.6) is 0 Å². The van der Waals surface area contributed by atoms with E-state index in [1.54, 1.807) is 40.6 Å². The second-order valence-corrected chi connectivity index (χ2v) is 7.63. The van der Waals surface area contributed by atoms with Crippen LogP contribution in [0.1, 0.15) is 10.4 Å². The lowest BCUT2D eigenvalue weighted by molar-refractivity contribution is 0.0810. The molecule has 0 radical (unpaired) electrons. The Morgan fingerprint density at radius 2 is 2.14 bits per heavy atom. The highest BCUT2D eigenvalue weighted by molar-refractivity contribution is 7.14. The van der Waals surface area contributed by atoms with Crippen molar-refractivity contribution < 1.29 is 9.18 Å². The third-order valence-corrected chi connectivity index (χ3v) is 5.45. The number of likely N-dealkylation sites (N-methyl/N-ethyl adjacent to an activating group) is 1. The third kappa shape index (κ3) is 3.39. The number of halogens is 2. The maximum atomic E-state index is 14.7. The topological polar surface area (TPSA) is 51.0 Å². The predicted molar refractivity (Wildman–Crippen MR) is 118 cm³/mol. The van der Waals surface area contributed by atoms with E-state index < -0.39 is 5.82 Å². The van der Waals surface area contributed by atoms with Crippen LogP contribution in [0, 0.1) is 5.82 Å². The zero-order valence-electron chi connectivity index (χ0n) is 15.6. The van der Waals surface area contributed by atoms with Gasteiger partial charge in [-0.2, -0.15) is 0 Å². The maximum absolute atomic E-state index is 14.7. The Bertz CT molecular complexity index is 1290. The number of amides is 1. The number of carbonyl (C=O) groups is 1. The van der Waals surface area contributed by atoms with Crippen LogP contribution in [0.4, 0.5) is 4.39 Å². The van der Waals surface area contributed by atoms with Gasteiger partial charge in [-0.1, -0.05) is 17.7 Å². The molecule has 1 aromatic carbocycles. The number of aromatic nitrogens is 3. The molecule has 0 aliphatic heterocycles. The average Bonchev–Trinajstić information content (AvgIpc) is 3.04. The molecule has 1 atom stereocenters. The molecule has 29 heavy (non-hydrogen) atoms. The van der Waals surface area contributed by atoms with Gasteiger partial charge in [0.15, 0.2) is 0 Å². The number of pyridine rings is 2. The minimum Gasteiger partial charge on any atom is -0.338 e. The van der Waals surface area contributed by atoms with E-state index in [0.29, 0.717) is 33.7 Å². The summed E-state index contributed by atoms with van der Waals surface area (Å²) in [6, 6.07) is 6.61. The number of carbonyl (C=O) groups excluding carboxylic acids is 1. The van der Waals surface area contributed by atoms with Gasteiger partial charge >= 0.3 is 0 Å². The molecule has 4 rings (SSSR count).